The van der Waals surface area contributed by atoms with E-state index in [1.807, 2.05) is 0 Å². The molecule has 0 unspecified atom stereocenters. The molecule has 2 aromatic heterocycles. The zero-order valence-electron chi connectivity index (χ0n) is 19.6. The largest absolute Gasteiger partial charge is 0.507 e. The Hall–Kier alpha value is -4.11. The normalized spacial score (nSPS) is 11.5. The van der Waals surface area contributed by atoms with Crippen LogP contribution < -0.4 is 11.3 Å². The first kappa shape index (κ1) is 24.0. The minimum absolute atomic E-state index is 0.0858. The molecule has 2 aromatic carbocycles. The van der Waals surface area contributed by atoms with Gasteiger partial charge < -0.3 is 28.9 Å². The van der Waals surface area contributed by atoms with E-state index in [9.17, 15) is 24.6 Å². The molecule has 0 radical (unpaired) electrons. The summed E-state index contributed by atoms with van der Waals surface area (Å²) in [7, 11) is 0. The molecule has 0 amide bonds. The van der Waals surface area contributed by atoms with Crippen molar-refractivity contribution in [1.29, 1.82) is 0 Å². The number of esters is 1. The molecule has 0 aliphatic rings. The lowest BCUT2D eigenvalue weighted by Gasteiger charge is -2.18. The molecule has 3 N–H and O–H groups in total. The highest BCUT2D eigenvalue weighted by Gasteiger charge is 2.37. The molecule has 0 aliphatic heterocycles. The molecule has 182 valence electrons. The Morgan fingerprint density at radius 2 is 1.20 bits per heavy atom. The Bertz CT molecular complexity index is 1500. The molecule has 4 aromatic rings. The van der Waals surface area contributed by atoms with Gasteiger partial charge in [-0.05, 0) is 74.2 Å². The van der Waals surface area contributed by atoms with Crippen molar-refractivity contribution in [3.05, 3.63) is 78.5 Å². The molecular formula is C26H24O9. The van der Waals surface area contributed by atoms with E-state index in [4.69, 9.17) is 18.7 Å². The number of hydrogen-bond acceptors (Lipinski definition) is 9. The van der Waals surface area contributed by atoms with E-state index in [0.717, 1.165) is 22.3 Å². The van der Waals surface area contributed by atoms with E-state index in [0.29, 0.717) is 0 Å². The van der Waals surface area contributed by atoms with Crippen LogP contribution in [-0.4, -0.2) is 34.5 Å². The smallest absolute Gasteiger partial charge is 0.344 e. The first-order chi connectivity index (χ1) is 16.5. The number of ether oxygens (including phenoxy) is 1. The van der Waals surface area contributed by atoms with Gasteiger partial charge in [0, 0.05) is 0 Å². The first-order valence-corrected chi connectivity index (χ1v) is 10.9. The summed E-state index contributed by atoms with van der Waals surface area (Å²) >= 11 is 0. The maximum atomic E-state index is 13.1. The first-order valence-electron chi connectivity index (χ1n) is 10.9. The minimum Gasteiger partial charge on any atom is -0.507 e. The number of aliphatic hydroxyl groups is 1. The Morgan fingerprint density at radius 1 is 0.800 bits per heavy atom. The topological polar surface area (TPSA) is 147 Å². The maximum absolute atomic E-state index is 13.1. The van der Waals surface area contributed by atoms with E-state index >= 15 is 0 Å². The summed E-state index contributed by atoms with van der Waals surface area (Å²) in [6, 6.07) is 6.30. The summed E-state index contributed by atoms with van der Waals surface area (Å²) < 4.78 is 15.8. The van der Waals surface area contributed by atoms with Crippen molar-refractivity contribution in [2.45, 2.75) is 33.6 Å². The molecule has 0 aliphatic carbocycles. The Morgan fingerprint density at radius 3 is 1.60 bits per heavy atom. The molecule has 35 heavy (non-hydrogen) atoms. The van der Waals surface area contributed by atoms with Gasteiger partial charge in [-0.3, -0.25) is 4.79 Å². The van der Waals surface area contributed by atoms with Gasteiger partial charge in [0.1, 0.15) is 35.2 Å². The molecule has 9 nitrogen and oxygen atoms in total. The fraction of sp³-hybridized carbons (Fsp3) is 0.269. The van der Waals surface area contributed by atoms with Gasteiger partial charge in [-0.2, -0.15) is 0 Å². The second kappa shape index (κ2) is 8.92. The molecule has 0 spiro atoms. The standard InChI is InChI=1S/C26H24O9/c1-11-7-15-17(9-13(11)3)34-25(31)20(22(15)28)19(24(30)33-6-5-27)21-23(29)16-8-12(2)14(4)10-18(16)35-26(21)32/h7-10,19,27-29H,5-6H2,1-4H3. The number of carbonyl (C=O) groups is 1. The number of rotatable bonds is 5. The summed E-state index contributed by atoms with van der Waals surface area (Å²) in [6.07, 6.45) is 0. The van der Waals surface area contributed by atoms with Crippen molar-refractivity contribution < 1.29 is 33.7 Å². The van der Waals surface area contributed by atoms with Crippen LogP contribution in [0.1, 0.15) is 39.3 Å². The lowest BCUT2D eigenvalue weighted by Crippen LogP contribution is -2.28. The quantitative estimate of drug-likeness (QED) is 0.289. The highest BCUT2D eigenvalue weighted by atomic mass is 16.5. The second-order valence-electron chi connectivity index (χ2n) is 8.49. The van der Waals surface area contributed by atoms with Crippen LogP contribution in [0, 0.1) is 27.7 Å². The minimum atomic E-state index is -1.88. The van der Waals surface area contributed by atoms with Gasteiger partial charge in [-0.1, -0.05) is 0 Å². The number of aromatic hydroxyl groups is 2. The number of benzene rings is 2. The van der Waals surface area contributed by atoms with Gasteiger partial charge in [0.15, 0.2) is 0 Å². The monoisotopic (exact) mass is 480 g/mol. The average molecular weight is 480 g/mol. The number of fused-ring (bicyclic) bond motifs is 2. The van der Waals surface area contributed by atoms with Gasteiger partial charge in [-0.25, -0.2) is 9.59 Å². The fourth-order valence-electron chi connectivity index (χ4n) is 4.03. The van der Waals surface area contributed by atoms with Crippen LogP contribution in [0.25, 0.3) is 21.9 Å². The molecule has 0 atom stereocenters. The van der Waals surface area contributed by atoms with Gasteiger partial charge in [0.05, 0.1) is 28.5 Å². The molecular weight excluding hydrogens is 456 g/mol. The van der Waals surface area contributed by atoms with Crippen LogP contribution >= 0.6 is 0 Å². The Labute approximate surface area is 198 Å². The van der Waals surface area contributed by atoms with E-state index in [-0.39, 0.29) is 21.9 Å². The SMILES string of the molecule is Cc1cc2oc(=O)c(C(C(=O)OCCO)c3c(O)c4cc(C)c(C)cc4oc3=O)c(O)c2cc1C. The van der Waals surface area contributed by atoms with Gasteiger partial charge in [-0.15, -0.1) is 0 Å². The van der Waals surface area contributed by atoms with Crippen LogP contribution in [0.3, 0.4) is 0 Å². The molecule has 0 bridgehead atoms. The third kappa shape index (κ3) is 4.04. The number of carbonyl (C=O) groups excluding carboxylic acids is 1. The van der Waals surface area contributed by atoms with Gasteiger partial charge in [0.2, 0.25) is 0 Å². The average Bonchev–Trinajstić information content (AvgIpc) is 2.79. The summed E-state index contributed by atoms with van der Waals surface area (Å²) in [5.74, 6) is -4.23. The van der Waals surface area contributed by atoms with Crippen molar-refractivity contribution >= 4 is 27.9 Å². The van der Waals surface area contributed by atoms with Gasteiger partial charge >= 0.3 is 17.2 Å². The van der Waals surface area contributed by atoms with Crippen molar-refractivity contribution in [2.24, 2.45) is 0 Å². The highest BCUT2D eigenvalue weighted by Crippen LogP contribution is 2.40. The fourth-order valence-corrected chi connectivity index (χ4v) is 4.03. The predicted octanol–water partition coefficient (Wildman–Crippen LogP) is 3.21. The van der Waals surface area contributed by atoms with E-state index in [1.54, 1.807) is 52.0 Å². The zero-order valence-corrected chi connectivity index (χ0v) is 19.6. The van der Waals surface area contributed by atoms with Crippen molar-refractivity contribution in [2.75, 3.05) is 13.2 Å². The molecule has 2 heterocycles. The van der Waals surface area contributed by atoms with E-state index < -0.39 is 59.0 Å². The molecule has 9 heteroatoms. The summed E-state index contributed by atoms with van der Waals surface area (Å²) in [5, 5.41) is 31.6. The molecule has 4 rings (SSSR count). The van der Waals surface area contributed by atoms with Crippen LogP contribution in [-0.2, 0) is 9.53 Å². The summed E-state index contributed by atoms with van der Waals surface area (Å²) in [5.41, 5.74) is -0.00656. The Balaban J connectivity index is 2.08. The second-order valence-corrected chi connectivity index (χ2v) is 8.49. The van der Waals surface area contributed by atoms with Crippen LogP contribution in [0.15, 0.2) is 42.7 Å². The summed E-state index contributed by atoms with van der Waals surface area (Å²) in [4.78, 5) is 39.2. The third-order valence-electron chi connectivity index (χ3n) is 6.21. The van der Waals surface area contributed by atoms with Crippen molar-refractivity contribution in [3.63, 3.8) is 0 Å². The lowest BCUT2D eigenvalue weighted by atomic mass is 9.89. The zero-order chi connectivity index (χ0) is 25.6. The summed E-state index contributed by atoms with van der Waals surface area (Å²) in [6.45, 7) is 6.23. The number of hydrogen-bond donors (Lipinski definition) is 3. The van der Waals surface area contributed by atoms with Crippen molar-refractivity contribution in [3.8, 4) is 11.5 Å². The van der Waals surface area contributed by atoms with Crippen LogP contribution in [0.2, 0.25) is 0 Å². The van der Waals surface area contributed by atoms with Crippen LogP contribution in [0.5, 0.6) is 11.5 Å². The maximum Gasteiger partial charge on any atom is 0.344 e. The predicted molar refractivity (Wildman–Crippen MR) is 127 cm³/mol. The lowest BCUT2D eigenvalue weighted by molar-refractivity contribution is -0.145. The number of aliphatic hydroxyl groups excluding tert-OH is 1. The Kier molecular flexibility index (Phi) is 6.12. The van der Waals surface area contributed by atoms with Crippen molar-refractivity contribution in [1.82, 2.24) is 0 Å². The van der Waals surface area contributed by atoms with Gasteiger partial charge in [0.25, 0.3) is 0 Å². The van der Waals surface area contributed by atoms with E-state index in [2.05, 4.69) is 0 Å². The molecule has 0 fully saturated rings. The van der Waals surface area contributed by atoms with E-state index in [1.165, 1.54) is 0 Å². The molecule has 0 saturated carbocycles. The highest BCUT2D eigenvalue weighted by molar-refractivity contribution is 5.93. The molecule has 0 saturated heterocycles. The number of aryl methyl sites for hydroxylation is 4. The van der Waals surface area contributed by atoms with Crippen LogP contribution in [0.4, 0.5) is 0 Å². The third-order valence-corrected chi connectivity index (χ3v) is 6.21.